The summed E-state index contributed by atoms with van der Waals surface area (Å²) in [5.74, 6) is -0.639. The number of likely N-dealkylation sites (N-methyl/N-ethyl adjacent to an activating group) is 1. The Kier molecular flexibility index (Phi) is 11.4. The minimum atomic E-state index is -2.96. The fraction of sp³-hybridized carbons (Fsp3) is 0.556. The molecule has 7 nitrogen and oxygen atoms in total. The summed E-state index contributed by atoms with van der Waals surface area (Å²) in [5, 5.41) is 2.51. The van der Waals surface area contributed by atoms with Crippen LogP contribution in [0, 0.1) is 5.92 Å². The molecule has 0 saturated heterocycles. The van der Waals surface area contributed by atoms with E-state index in [9.17, 15) is 18.4 Å². The first-order chi connectivity index (χ1) is 12.6. The number of nitrogens with one attached hydrogen (secondary N) is 1. The van der Waals surface area contributed by atoms with Crippen LogP contribution in [0.1, 0.15) is 26.3 Å². The Morgan fingerprint density at radius 1 is 1.25 bits per heavy atom. The molecule has 2 amide bonds. The molecule has 1 aromatic carbocycles. The van der Waals surface area contributed by atoms with E-state index in [0.29, 0.717) is 5.56 Å². The van der Waals surface area contributed by atoms with Crippen molar-refractivity contribution in [2.75, 3.05) is 20.2 Å². The Hall–Kier alpha value is -2.13. The van der Waals surface area contributed by atoms with E-state index in [-0.39, 0.29) is 61.3 Å². The van der Waals surface area contributed by atoms with Gasteiger partial charge in [-0.1, -0.05) is 19.9 Å². The first-order valence-corrected chi connectivity index (χ1v) is 8.63. The van der Waals surface area contributed by atoms with Gasteiger partial charge in [0.2, 0.25) is 11.8 Å². The third kappa shape index (κ3) is 8.26. The largest absolute Gasteiger partial charge is 0.490 e. The quantitative estimate of drug-likeness (QED) is 0.601. The molecule has 0 spiro atoms. The van der Waals surface area contributed by atoms with Crippen LogP contribution >= 0.6 is 12.4 Å². The molecular weight excluding hydrogens is 396 g/mol. The summed E-state index contributed by atoms with van der Waals surface area (Å²) in [7, 11) is 1.57. The van der Waals surface area contributed by atoms with Gasteiger partial charge < -0.3 is 25.4 Å². The molecule has 0 heterocycles. The van der Waals surface area contributed by atoms with Gasteiger partial charge in [-0.25, -0.2) is 0 Å². The highest BCUT2D eigenvalue weighted by Gasteiger charge is 2.19. The van der Waals surface area contributed by atoms with Crippen LogP contribution in [0.25, 0.3) is 0 Å². The van der Waals surface area contributed by atoms with Gasteiger partial charge in [0.25, 0.3) is 0 Å². The number of benzene rings is 1. The molecule has 0 aliphatic rings. The minimum absolute atomic E-state index is 0. The molecule has 10 heteroatoms. The van der Waals surface area contributed by atoms with Crippen LogP contribution < -0.4 is 20.5 Å². The number of alkyl halides is 2. The van der Waals surface area contributed by atoms with E-state index < -0.39 is 12.7 Å². The van der Waals surface area contributed by atoms with E-state index in [4.69, 9.17) is 10.5 Å². The molecule has 0 unspecified atom stereocenters. The summed E-state index contributed by atoms with van der Waals surface area (Å²) < 4.78 is 34.6. The number of amides is 2. The average molecular weight is 424 g/mol. The second kappa shape index (κ2) is 12.4. The number of nitrogens with zero attached hydrogens (tertiary/aromatic N) is 1. The van der Waals surface area contributed by atoms with Crippen LogP contribution in [0.5, 0.6) is 11.5 Å². The van der Waals surface area contributed by atoms with Crippen LogP contribution in [0.15, 0.2) is 18.2 Å². The highest BCUT2D eigenvalue weighted by Crippen LogP contribution is 2.30. The van der Waals surface area contributed by atoms with Crippen LogP contribution in [0.4, 0.5) is 8.78 Å². The summed E-state index contributed by atoms with van der Waals surface area (Å²) in [6.45, 7) is 2.70. The number of hydrogen-bond acceptors (Lipinski definition) is 5. The molecule has 28 heavy (non-hydrogen) atoms. The van der Waals surface area contributed by atoms with Gasteiger partial charge in [-0.05, 0) is 30.5 Å². The van der Waals surface area contributed by atoms with E-state index in [1.807, 2.05) is 13.8 Å². The summed E-state index contributed by atoms with van der Waals surface area (Å²) in [6.07, 6.45) is 0. The lowest BCUT2D eigenvalue weighted by Crippen LogP contribution is -2.47. The van der Waals surface area contributed by atoms with E-state index in [1.54, 1.807) is 20.0 Å². The van der Waals surface area contributed by atoms with Crippen molar-refractivity contribution in [3.63, 3.8) is 0 Å². The fourth-order valence-electron chi connectivity index (χ4n) is 2.19. The van der Waals surface area contributed by atoms with Gasteiger partial charge in [0.15, 0.2) is 11.5 Å². The van der Waals surface area contributed by atoms with Gasteiger partial charge >= 0.3 is 6.61 Å². The number of ether oxygens (including phenoxy) is 2. The van der Waals surface area contributed by atoms with Gasteiger partial charge in [0.1, 0.15) is 0 Å². The molecule has 3 N–H and O–H groups in total. The number of rotatable bonds is 10. The molecule has 0 aliphatic carbocycles. The van der Waals surface area contributed by atoms with E-state index in [0.717, 1.165) is 0 Å². The third-order valence-electron chi connectivity index (χ3n) is 3.80. The molecule has 160 valence electrons. The van der Waals surface area contributed by atoms with Crippen molar-refractivity contribution in [2.24, 2.45) is 11.7 Å². The maximum absolute atomic E-state index is 12.4. The summed E-state index contributed by atoms with van der Waals surface area (Å²) in [6, 6.07) is 3.79. The Morgan fingerprint density at radius 2 is 1.89 bits per heavy atom. The number of nitrogens with two attached hydrogens (primary N) is 1. The van der Waals surface area contributed by atoms with Crippen molar-refractivity contribution in [3.05, 3.63) is 23.8 Å². The number of hydrogen-bond donors (Lipinski definition) is 2. The first kappa shape index (κ1) is 25.9. The zero-order chi connectivity index (χ0) is 20.6. The number of halogens is 3. The van der Waals surface area contributed by atoms with Crippen molar-refractivity contribution in [3.8, 4) is 11.5 Å². The van der Waals surface area contributed by atoms with Crippen molar-refractivity contribution in [1.82, 2.24) is 10.2 Å². The van der Waals surface area contributed by atoms with Crippen molar-refractivity contribution in [1.29, 1.82) is 0 Å². The van der Waals surface area contributed by atoms with Gasteiger partial charge in [-0.3, -0.25) is 9.59 Å². The second-order valence-corrected chi connectivity index (χ2v) is 6.33. The maximum atomic E-state index is 12.4. The SMILES string of the molecule is CCOc1cc(CN(C)C(=O)CNC(=O)[C@@H](N)C(C)C)ccc1OC(F)F.Cl. The van der Waals surface area contributed by atoms with E-state index >= 15 is 0 Å². The molecule has 0 radical (unpaired) electrons. The standard InChI is InChI=1S/C18H27F2N3O4.ClH/c1-5-26-14-8-12(6-7-13(14)27-18(19)20)10-23(4)15(24)9-22-17(25)16(21)11(2)3;/h6-8,11,16,18H,5,9-10,21H2,1-4H3,(H,22,25);1H/t16-;/m0./s1. The molecule has 0 aromatic heterocycles. The van der Waals surface area contributed by atoms with Crippen molar-refractivity contribution < 1.29 is 27.8 Å². The number of carbonyl (C=O) groups excluding carboxylic acids is 2. The Labute approximate surface area is 169 Å². The van der Waals surface area contributed by atoms with Crippen molar-refractivity contribution in [2.45, 2.75) is 40.0 Å². The summed E-state index contributed by atoms with van der Waals surface area (Å²) >= 11 is 0. The summed E-state index contributed by atoms with van der Waals surface area (Å²) in [5.41, 5.74) is 6.39. The van der Waals surface area contributed by atoms with Gasteiger partial charge in [-0.15, -0.1) is 12.4 Å². The highest BCUT2D eigenvalue weighted by atomic mass is 35.5. The average Bonchev–Trinajstić information content (AvgIpc) is 2.60. The summed E-state index contributed by atoms with van der Waals surface area (Å²) in [4.78, 5) is 25.4. The normalized spacial score (nSPS) is 11.6. The topological polar surface area (TPSA) is 93.9 Å². The Morgan fingerprint density at radius 3 is 2.43 bits per heavy atom. The minimum Gasteiger partial charge on any atom is -0.490 e. The van der Waals surface area contributed by atoms with Crippen LogP contribution in [-0.4, -0.2) is 49.6 Å². The predicted molar refractivity (Wildman–Crippen MR) is 104 cm³/mol. The molecule has 0 fully saturated rings. The van der Waals surface area contributed by atoms with Crippen LogP contribution in [-0.2, 0) is 16.1 Å². The molecule has 0 bridgehead atoms. The Bertz CT molecular complexity index is 647. The zero-order valence-corrected chi connectivity index (χ0v) is 17.2. The molecule has 0 aliphatic heterocycles. The van der Waals surface area contributed by atoms with E-state index in [1.165, 1.54) is 17.0 Å². The predicted octanol–water partition coefficient (Wildman–Crippen LogP) is 2.17. The monoisotopic (exact) mass is 423 g/mol. The molecule has 0 saturated carbocycles. The Balaban J connectivity index is 0.00000729. The lowest BCUT2D eigenvalue weighted by molar-refractivity contribution is -0.132. The number of carbonyl (C=O) groups is 2. The zero-order valence-electron chi connectivity index (χ0n) is 16.4. The van der Waals surface area contributed by atoms with Gasteiger partial charge in [-0.2, -0.15) is 8.78 Å². The smallest absolute Gasteiger partial charge is 0.387 e. The lowest BCUT2D eigenvalue weighted by atomic mass is 10.1. The molecule has 1 aromatic rings. The van der Waals surface area contributed by atoms with Crippen LogP contribution in [0.2, 0.25) is 0 Å². The fourth-order valence-corrected chi connectivity index (χ4v) is 2.19. The maximum Gasteiger partial charge on any atom is 0.387 e. The van der Waals surface area contributed by atoms with Gasteiger partial charge in [0, 0.05) is 13.6 Å². The van der Waals surface area contributed by atoms with Crippen LogP contribution in [0.3, 0.4) is 0 Å². The lowest BCUT2D eigenvalue weighted by Gasteiger charge is -2.20. The third-order valence-corrected chi connectivity index (χ3v) is 3.80. The molecule has 1 rings (SSSR count). The van der Waals surface area contributed by atoms with E-state index in [2.05, 4.69) is 10.1 Å². The molecular formula is C18H28ClF2N3O4. The van der Waals surface area contributed by atoms with Gasteiger partial charge in [0.05, 0.1) is 19.2 Å². The first-order valence-electron chi connectivity index (χ1n) is 8.63. The van der Waals surface area contributed by atoms with Crippen molar-refractivity contribution >= 4 is 24.2 Å². The second-order valence-electron chi connectivity index (χ2n) is 6.33. The molecule has 1 atom stereocenters. The highest BCUT2D eigenvalue weighted by molar-refractivity contribution is 5.87.